The van der Waals surface area contributed by atoms with Gasteiger partial charge in [0.1, 0.15) is 22.5 Å². The van der Waals surface area contributed by atoms with Crippen LogP contribution < -0.4 is 0 Å². The van der Waals surface area contributed by atoms with Gasteiger partial charge in [0.2, 0.25) is 0 Å². The maximum atomic E-state index is 14.8. The Bertz CT molecular complexity index is 1020. The Morgan fingerprint density at radius 1 is 0.778 bits per heavy atom. The van der Waals surface area contributed by atoms with Crippen molar-refractivity contribution in [3.63, 3.8) is 0 Å². The minimum Gasteiger partial charge on any atom is -0.206 e. The van der Waals surface area contributed by atoms with Crippen molar-refractivity contribution in [3.05, 3.63) is 81.6 Å². The lowest BCUT2D eigenvalue weighted by molar-refractivity contribution is 0.584. The molecule has 0 radical (unpaired) electrons. The Morgan fingerprint density at radius 2 is 1.44 bits per heavy atom. The molecular weight excluding hydrogens is 369 g/mol. The highest BCUT2D eigenvalue weighted by Crippen LogP contribution is 2.38. The van der Waals surface area contributed by atoms with Crippen molar-refractivity contribution in [1.82, 2.24) is 0 Å². The normalized spacial score (nSPS) is 12.6. The van der Waals surface area contributed by atoms with Crippen LogP contribution in [0.4, 0.5) is 13.2 Å². The van der Waals surface area contributed by atoms with E-state index in [1.807, 2.05) is 0 Å². The smallest absolute Gasteiger partial charge is 0.145 e. The van der Waals surface area contributed by atoms with E-state index in [0.29, 0.717) is 0 Å². The number of hydrogen-bond donors (Lipinski definition) is 0. The van der Waals surface area contributed by atoms with Crippen LogP contribution in [-0.4, -0.2) is 0 Å². The van der Waals surface area contributed by atoms with Crippen LogP contribution in [0.2, 0.25) is 5.02 Å². The van der Waals surface area contributed by atoms with E-state index in [-0.39, 0.29) is 11.1 Å². The van der Waals surface area contributed by atoms with E-state index in [0.717, 1.165) is 54.5 Å². The zero-order valence-corrected chi connectivity index (χ0v) is 15.6. The second-order valence-corrected chi connectivity index (χ2v) is 7.36. The Morgan fingerprint density at radius 3 is 2.11 bits per heavy atom. The molecule has 0 saturated carbocycles. The average molecular weight is 387 g/mol. The molecule has 0 saturated heterocycles. The van der Waals surface area contributed by atoms with Crippen molar-refractivity contribution in [1.29, 1.82) is 0 Å². The third-order valence-electron chi connectivity index (χ3n) is 5.15. The first-order chi connectivity index (χ1) is 13.0. The Kier molecular flexibility index (Phi) is 4.73. The van der Waals surface area contributed by atoms with Crippen LogP contribution >= 0.6 is 11.6 Å². The highest BCUT2D eigenvalue weighted by molar-refractivity contribution is 6.31. The SMILES string of the molecule is CCCc1ccc2c(c1)CCc1cc(-c3cc(F)c(Cl)c(F)c3)c(F)cc1-2. The third-order valence-corrected chi connectivity index (χ3v) is 5.51. The van der Waals surface area contributed by atoms with E-state index in [1.165, 1.54) is 17.2 Å². The van der Waals surface area contributed by atoms with Crippen LogP contribution in [0.15, 0.2) is 42.5 Å². The summed E-state index contributed by atoms with van der Waals surface area (Å²) in [6.07, 6.45) is 3.75. The van der Waals surface area contributed by atoms with Crippen LogP contribution in [0.5, 0.6) is 0 Å². The van der Waals surface area contributed by atoms with E-state index >= 15 is 0 Å². The Balaban J connectivity index is 1.81. The summed E-state index contributed by atoms with van der Waals surface area (Å²) < 4.78 is 42.4. The van der Waals surface area contributed by atoms with Gasteiger partial charge in [-0.3, -0.25) is 0 Å². The molecule has 0 N–H and O–H groups in total. The van der Waals surface area contributed by atoms with E-state index in [2.05, 4.69) is 25.1 Å². The van der Waals surface area contributed by atoms with Gasteiger partial charge >= 0.3 is 0 Å². The molecule has 0 nitrogen and oxygen atoms in total. The highest BCUT2D eigenvalue weighted by atomic mass is 35.5. The molecule has 1 aliphatic rings. The predicted octanol–water partition coefficient (Wildman–Crippen LogP) is 7.14. The molecule has 0 aromatic heterocycles. The summed E-state index contributed by atoms with van der Waals surface area (Å²) in [5.74, 6) is -2.28. The lowest BCUT2D eigenvalue weighted by atomic mass is 9.83. The van der Waals surface area contributed by atoms with Crippen LogP contribution in [0.25, 0.3) is 22.3 Å². The monoisotopic (exact) mass is 386 g/mol. The average Bonchev–Trinajstić information content (AvgIpc) is 2.65. The van der Waals surface area contributed by atoms with E-state index in [9.17, 15) is 13.2 Å². The fraction of sp³-hybridized carbons (Fsp3) is 0.217. The standard InChI is InChI=1S/C23H18ClF3/c1-2-3-13-4-7-17-14(8-13)5-6-15-9-19(20(25)12-18(15)17)16-10-21(26)23(24)22(27)11-16/h4,7-12H,2-3,5-6H2,1H3. The van der Waals surface area contributed by atoms with Crippen molar-refractivity contribution in [3.8, 4) is 22.3 Å². The van der Waals surface area contributed by atoms with Gasteiger partial charge < -0.3 is 0 Å². The second kappa shape index (κ2) is 7.05. The van der Waals surface area contributed by atoms with Gasteiger partial charge in [-0.2, -0.15) is 0 Å². The van der Waals surface area contributed by atoms with E-state index in [1.54, 1.807) is 6.07 Å². The predicted molar refractivity (Wildman–Crippen MR) is 104 cm³/mol. The summed E-state index contributed by atoms with van der Waals surface area (Å²) in [5.41, 5.74) is 5.74. The van der Waals surface area contributed by atoms with Gasteiger partial charge in [-0.15, -0.1) is 0 Å². The van der Waals surface area contributed by atoms with Crippen molar-refractivity contribution < 1.29 is 13.2 Å². The van der Waals surface area contributed by atoms with Gasteiger partial charge in [0, 0.05) is 5.56 Å². The summed E-state index contributed by atoms with van der Waals surface area (Å²) in [6.45, 7) is 2.15. The number of aryl methyl sites for hydroxylation is 3. The van der Waals surface area contributed by atoms with Gasteiger partial charge in [0.15, 0.2) is 0 Å². The van der Waals surface area contributed by atoms with Gasteiger partial charge in [-0.25, -0.2) is 13.2 Å². The molecule has 3 aromatic carbocycles. The maximum absolute atomic E-state index is 14.8. The molecule has 138 valence electrons. The first-order valence-electron chi connectivity index (χ1n) is 9.07. The molecule has 1 aliphatic carbocycles. The lowest BCUT2D eigenvalue weighted by Gasteiger charge is -2.22. The summed E-state index contributed by atoms with van der Waals surface area (Å²) in [6, 6.07) is 11.7. The molecule has 0 unspecified atom stereocenters. The lowest BCUT2D eigenvalue weighted by Crippen LogP contribution is -2.06. The van der Waals surface area contributed by atoms with Gasteiger partial charge in [0.05, 0.1) is 0 Å². The fourth-order valence-electron chi connectivity index (χ4n) is 3.84. The minimum absolute atomic E-state index is 0.152. The molecule has 3 aromatic rings. The highest BCUT2D eigenvalue weighted by Gasteiger charge is 2.21. The van der Waals surface area contributed by atoms with Crippen LogP contribution in [0.1, 0.15) is 30.0 Å². The van der Waals surface area contributed by atoms with E-state index < -0.39 is 22.5 Å². The first-order valence-corrected chi connectivity index (χ1v) is 9.45. The number of rotatable bonds is 3. The summed E-state index contributed by atoms with van der Waals surface area (Å²) in [4.78, 5) is 0. The largest absolute Gasteiger partial charge is 0.206 e. The number of benzene rings is 3. The van der Waals surface area contributed by atoms with Crippen molar-refractivity contribution in [2.45, 2.75) is 32.6 Å². The Labute approximate surface area is 161 Å². The maximum Gasteiger partial charge on any atom is 0.145 e. The van der Waals surface area contributed by atoms with Gasteiger partial charge in [-0.05, 0) is 76.9 Å². The molecule has 0 fully saturated rings. The molecule has 0 aliphatic heterocycles. The molecule has 0 spiro atoms. The third kappa shape index (κ3) is 3.25. The minimum atomic E-state index is -0.891. The molecule has 0 heterocycles. The molecule has 4 rings (SSSR count). The van der Waals surface area contributed by atoms with Crippen molar-refractivity contribution in [2.75, 3.05) is 0 Å². The topological polar surface area (TPSA) is 0 Å². The molecule has 0 amide bonds. The van der Waals surface area contributed by atoms with Crippen LogP contribution in [-0.2, 0) is 19.3 Å². The molecule has 0 bridgehead atoms. The summed E-state index contributed by atoms with van der Waals surface area (Å²) in [7, 11) is 0. The van der Waals surface area contributed by atoms with Crippen molar-refractivity contribution >= 4 is 11.6 Å². The van der Waals surface area contributed by atoms with Crippen LogP contribution in [0.3, 0.4) is 0 Å². The molecular formula is C23H18ClF3. The zero-order valence-electron chi connectivity index (χ0n) is 14.9. The van der Waals surface area contributed by atoms with Gasteiger partial charge in [-0.1, -0.05) is 43.1 Å². The molecule has 0 atom stereocenters. The second-order valence-electron chi connectivity index (χ2n) is 6.98. The van der Waals surface area contributed by atoms with E-state index in [4.69, 9.17) is 11.6 Å². The zero-order chi connectivity index (χ0) is 19.1. The van der Waals surface area contributed by atoms with Crippen molar-refractivity contribution in [2.24, 2.45) is 0 Å². The first kappa shape index (κ1) is 18.1. The number of hydrogen-bond acceptors (Lipinski definition) is 0. The fourth-order valence-corrected chi connectivity index (χ4v) is 3.95. The molecule has 4 heteroatoms. The number of fused-ring (bicyclic) bond motifs is 3. The Hall–Kier alpha value is -2.26. The van der Waals surface area contributed by atoms with Crippen LogP contribution in [0, 0.1) is 17.5 Å². The summed E-state index contributed by atoms with van der Waals surface area (Å²) >= 11 is 5.54. The molecule has 27 heavy (non-hydrogen) atoms. The quantitative estimate of drug-likeness (QED) is 0.419. The number of halogens is 4. The summed E-state index contributed by atoms with van der Waals surface area (Å²) in [5, 5.41) is -0.575. The van der Waals surface area contributed by atoms with Gasteiger partial charge in [0.25, 0.3) is 0 Å².